The Balaban J connectivity index is 0.000000251. The topological polar surface area (TPSA) is 18.5 Å². The second-order valence-electron chi connectivity index (χ2n) is 13.7. The van der Waals surface area contributed by atoms with E-state index in [1.807, 2.05) is 55.5 Å². The lowest BCUT2D eigenvalue weighted by Crippen LogP contribution is -2.16. The molecule has 0 unspecified atom stereocenters. The molecule has 60 heavy (non-hydrogen) atoms. The fourth-order valence-electron chi connectivity index (χ4n) is 4.82. The summed E-state index contributed by atoms with van der Waals surface area (Å²) in [6, 6.07) is 56.4. The highest BCUT2D eigenvalue weighted by atomic mass is 19.4. The molecular weight excluding hydrogens is 771 g/mol. The van der Waals surface area contributed by atoms with Crippen LogP contribution in [0.2, 0.25) is 0 Å². The molecule has 0 atom stereocenters. The first-order valence-corrected chi connectivity index (χ1v) is 19.1. The van der Waals surface area contributed by atoms with Gasteiger partial charge in [-0.2, -0.15) is 13.2 Å². The summed E-state index contributed by atoms with van der Waals surface area (Å²) in [6.45, 7) is 13.9. The number of alkyl halides is 6. The number of rotatable bonds is 3. The number of ether oxygens (including phenoxy) is 2. The lowest BCUT2D eigenvalue weighted by Gasteiger charge is -2.08. The summed E-state index contributed by atoms with van der Waals surface area (Å²) >= 11 is 0. The molecule has 0 N–H and O–H groups in total. The third kappa shape index (κ3) is 22.0. The van der Waals surface area contributed by atoms with E-state index in [-0.39, 0.29) is 5.75 Å². The standard InChI is InChI=1S/C13H12.C8H7F3O.C8H7F3.C8H10O.C8H10.C7H8/c1-11-7-9-13(10-8-11)12-5-3-2-4-6-12;1-6-2-4-7(5-3-6)12-8(9,10)11;1-6-2-4-7(5-3-6)8(9,10)11;1-7-5-3-4-6-8(7)9-2;1-7-3-5-8(2)6-4-7;1-7-5-3-2-4-6-7/h2-10H,1H3;2-5H,1H3;2-5H,1H3;3-6H,1-2H3;3-6H,1-2H3;2-6H,1H3. The number of aryl methyl sites for hydroxylation is 7. The monoisotopic (exact) mass is 824 g/mol. The highest BCUT2D eigenvalue weighted by Gasteiger charge is 2.31. The molecule has 0 saturated heterocycles. The van der Waals surface area contributed by atoms with Gasteiger partial charge in [0, 0.05) is 0 Å². The third-order valence-electron chi connectivity index (χ3n) is 8.26. The van der Waals surface area contributed by atoms with Crippen LogP contribution in [0.5, 0.6) is 11.5 Å². The number of methoxy groups -OCH3 is 1. The van der Waals surface area contributed by atoms with Gasteiger partial charge in [-0.05, 0) is 95.5 Å². The molecule has 7 aromatic rings. The van der Waals surface area contributed by atoms with E-state index in [4.69, 9.17) is 4.74 Å². The first-order chi connectivity index (χ1) is 28.4. The van der Waals surface area contributed by atoms with Gasteiger partial charge in [-0.15, -0.1) is 13.2 Å². The summed E-state index contributed by atoms with van der Waals surface area (Å²) in [5, 5.41) is 0. The Bertz CT molecular complexity index is 2140. The van der Waals surface area contributed by atoms with Crippen LogP contribution in [0.1, 0.15) is 44.5 Å². The molecule has 0 aliphatic rings. The van der Waals surface area contributed by atoms with Crippen LogP contribution in [-0.2, 0) is 6.18 Å². The zero-order valence-electron chi connectivity index (χ0n) is 35.4. The van der Waals surface area contributed by atoms with E-state index in [1.165, 1.54) is 63.2 Å². The summed E-state index contributed by atoms with van der Waals surface area (Å²) in [4.78, 5) is 0. The Morgan fingerprint density at radius 1 is 0.350 bits per heavy atom. The quantitative estimate of drug-likeness (QED) is 0.165. The summed E-state index contributed by atoms with van der Waals surface area (Å²) < 4.78 is 79.3. The Morgan fingerprint density at radius 3 is 1.03 bits per heavy atom. The van der Waals surface area contributed by atoms with Gasteiger partial charge in [-0.3, -0.25) is 0 Å². The van der Waals surface area contributed by atoms with Gasteiger partial charge in [-0.1, -0.05) is 185 Å². The van der Waals surface area contributed by atoms with E-state index in [9.17, 15) is 26.3 Å². The van der Waals surface area contributed by atoms with Crippen molar-refractivity contribution in [2.75, 3.05) is 7.11 Å². The van der Waals surface area contributed by atoms with Crippen molar-refractivity contribution < 1.29 is 35.8 Å². The average molecular weight is 825 g/mol. The number of halogens is 6. The minimum Gasteiger partial charge on any atom is -0.496 e. The van der Waals surface area contributed by atoms with Gasteiger partial charge < -0.3 is 9.47 Å². The maximum absolute atomic E-state index is 11.9. The molecule has 0 heterocycles. The molecule has 0 aromatic heterocycles. The van der Waals surface area contributed by atoms with Crippen molar-refractivity contribution in [1.29, 1.82) is 0 Å². The molecule has 0 amide bonds. The van der Waals surface area contributed by atoms with Crippen molar-refractivity contribution in [3.63, 3.8) is 0 Å². The predicted octanol–water partition coefficient (Wildman–Crippen LogP) is 15.9. The van der Waals surface area contributed by atoms with Crippen molar-refractivity contribution in [1.82, 2.24) is 0 Å². The van der Waals surface area contributed by atoms with Crippen LogP contribution in [0.15, 0.2) is 182 Å². The molecule has 8 heteroatoms. The van der Waals surface area contributed by atoms with Crippen LogP contribution in [-0.4, -0.2) is 13.5 Å². The van der Waals surface area contributed by atoms with Gasteiger partial charge in [0.05, 0.1) is 12.7 Å². The van der Waals surface area contributed by atoms with Crippen molar-refractivity contribution in [3.8, 4) is 22.6 Å². The molecule has 0 radical (unpaired) electrons. The van der Waals surface area contributed by atoms with Gasteiger partial charge in [0.25, 0.3) is 0 Å². The molecule has 0 fully saturated rings. The van der Waals surface area contributed by atoms with E-state index in [1.54, 1.807) is 33.1 Å². The molecule has 0 spiro atoms. The van der Waals surface area contributed by atoms with E-state index < -0.39 is 18.1 Å². The summed E-state index contributed by atoms with van der Waals surface area (Å²) in [7, 11) is 1.68. The second kappa shape index (κ2) is 25.9. The molecule has 0 aliphatic heterocycles. The first-order valence-electron chi connectivity index (χ1n) is 19.1. The smallest absolute Gasteiger partial charge is 0.496 e. The SMILES string of the molecule is COc1ccccc1C.Cc1ccc(-c2ccccc2)cc1.Cc1ccc(C(F)(F)F)cc1.Cc1ccc(C)cc1.Cc1ccc(OC(F)(F)F)cc1.Cc1ccccc1. The molecular formula is C52H54F6O2. The largest absolute Gasteiger partial charge is 0.573 e. The first kappa shape index (κ1) is 49.9. The van der Waals surface area contributed by atoms with Crippen LogP contribution in [0.25, 0.3) is 11.1 Å². The molecule has 0 saturated carbocycles. The molecule has 2 nitrogen and oxygen atoms in total. The molecule has 0 bridgehead atoms. The van der Waals surface area contributed by atoms with Crippen LogP contribution in [0.4, 0.5) is 26.3 Å². The normalized spacial score (nSPS) is 10.2. The van der Waals surface area contributed by atoms with Gasteiger partial charge in [-0.25, -0.2) is 0 Å². The van der Waals surface area contributed by atoms with Crippen LogP contribution >= 0.6 is 0 Å². The zero-order valence-corrected chi connectivity index (χ0v) is 35.4. The number of hydrogen-bond donors (Lipinski definition) is 0. The summed E-state index contributed by atoms with van der Waals surface area (Å²) in [6.07, 6.45) is -8.82. The van der Waals surface area contributed by atoms with Crippen molar-refractivity contribution in [2.24, 2.45) is 0 Å². The third-order valence-corrected chi connectivity index (χ3v) is 8.26. The van der Waals surface area contributed by atoms with E-state index in [0.717, 1.165) is 29.0 Å². The fourth-order valence-corrected chi connectivity index (χ4v) is 4.82. The minimum absolute atomic E-state index is 0.187. The maximum Gasteiger partial charge on any atom is 0.573 e. The van der Waals surface area contributed by atoms with Crippen molar-refractivity contribution in [3.05, 3.63) is 226 Å². The van der Waals surface area contributed by atoms with Crippen molar-refractivity contribution >= 4 is 0 Å². The Labute approximate surface area is 352 Å². The molecule has 316 valence electrons. The highest BCUT2D eigenvalue weighted by Crippen LogP contribution is 2.29. The average Bonchev–Trinajstić information content (AvgIpc) is 3.22. The lowest BCUT2D eigenvalue weighted by atomic mass is 10.0. The number of para-hydroxylation sites is 1. The Kier molecular flexibility index (Phi) is 21.6. The zero-order chi connectivity index (χ0) is 44.6. The van der Waals surface area contributed by atoms with Crippen LogP contribution in [0, 0.1) is 48.5 Å². The van der Waals surface area contributed by atoms with Crippen LogP contribution < -0.4 is 9.47 Å². The number of hydrogen-bond acceptors (Lipinski definition) is 2. The minimum atomic E-state index is -4.60. The summed E-state index contributed by atoms with van der Waals surface area (Å²) in [5.74, 6) is 0.769. The molecule has 7 aromatic carbocycles. The van der Waals surface area contributed by atoms with Gasteiger partial charge in [0.15, 0.2) is 0 Å². The van der Waals surface area contributed by atoms with Gasteiger partial charge in [0.2, 0.25) is 0 Å². The summed E-state index contributed by atoms with van der Waals surface area (Å²) in [5.41, 5.74) is 10.2. The van der Waals surface area contributed by atoms with E-state index in [0.29, 0.717) is 0 Å². The van der Waals surface area contributed by atoms with Gasteiger partial charge in [0.1, 0.15) is 11.5 Å². The fraction of sp³-hybridized carbons (Fsp3) is 0.192. The Hall–Kier alpha value is -6.28. The van der Waals surface area contributed by atoms with E-state index in [2.05, 4.69) is 117 Å². The second-order valence-corrected chi connectivity index (χ2v) is 13.7. The van der Waals surface area contributed by atoms with Crippen molar-refractivity contribution in [2.45, 2.75) is 61.0 Å². The number of benzene rings is 7. The highest BCUT2D eigenvalue weighted by molar-refractivity contribution is 5.63. The molecule has 0 aliphatic carbocycles. The van der Waals surface area contributed by atoms with Crippen LogP contribution in [0.3, 0.4) is 0 Å². The van der Waals surface area contributed by atoms with E-state index >= 15 is 0 Å². The van der Waals surface area contributed by atoms with Gasteiger partial charge >= 0.3 is 12.5 Å². The Morgan fingerprint density at radius 2 is 0.683 bits per heavy atom. The lowest BCUT2D eigenvalue weighted by molar-refractivity contribution is -0.274. The maximum atomic E-state index is 11.9. The molecule has 7 rings (SSSR count). The predicted molar refractivity (Wildman–Crippen MR) is 235 cm³/mol.